The van der Waals surface area contributed by atoms with Crippen LogP contribution < -0.4 is 5.32 Å². The van der Waals surface area contributed by atoms with Gasteiger partial charge in [0.1, 0.15) is 5.76 Å². The van der Waals surface area contributed by atoms with E-state index in [0.717, 1.165) is 29.8 Å². The van der Waals surface area contributed by atoms with Crippen LogP contribution in [0.2, 0.25) is 0 Å². The van der Waals surface area contributed by atoms with Gasteiger partial charge in [0.2, 0.25) is 0 Å². The summed E-state index contributed by atoms with van der Waals surface area (Å²) in [6.45, 7) is 9.85. The van der Waals surface area contributed by atoms with Gasteiger partial charge in [-0.05, 0) is 51.0 Å². The molecule has 25 heavy (non-hydrogen) atoms. The Morgan fingerprint density at radius 1 is 1.20 bits per heavy atom. The third-order valence-corrected chi connectivity index (χ3v) is 6.17. The molecule has 1 saturated carbocycles. The second-order valence-corrected chi connectivity index (χ2v) is 7.91. The number of nitrogens with one attached hydrogen (secondary N) is 1. The van der Waals surface area contributed by atoms with Gasteiger partial charge in [-0.1, -0.05) is 35.5 Å². The van der Waals surface area contributed by atoms with Crippen molar-refractivity contribution in [2.24, 2.45) is 11.8 Å². The molecular formula is C21H29N3O. The van der Waals surface area contributed by atoms with Gasteiger partial charge in [0, 0.05) is 37.3 Å². The molecule has 1 aromatic carbocycles. The molecule has 1 aliphatic heterocycles. The Kier molecular flexibility index (Phi) is 4.65. The first-order valence-corrected chi connectivity index (χ1v) is 9.57. The summed E-state index contributed by atoms with van der Waals surface area (Å²) >= 11 is 0. The highest BCUT2D eigenvalue weighted by Gasteiger charge is 2.42. The molecule has 2 aromatic rings. The lowest BCUT2D eigenvalue weighted by Gasteiger charge is -2.25. The van der Waals surface area contributed by atoms with Crippen molar-refractivity contribution in [1.29, 1.82) is 0 Å². The van der Waals surface area contributed by atoms with E-state index in [1.54, 1.807) is 0 Å². The molecule has 1 aliphatic carbocycles. The van der Waals surface area contributed by atoms with Crippen molar-refractivity contribution < 1.29 is 4.52 Å². The second kappa shape index (κ2) is 6.93. The zero-order valence-corrected chi connectivity index (χ0v) is 15.5. The Morgan fingerprint density at radius 2 is 2.00 bits per heavy atom. The van der Waals surface area contributed by atoms with Gasteiger partial charge in [0.15, 0.2) is 0 Å². The summed E-state index contributed by atoms with van der Waals surface area (Å²) in [5.74, 6) is 2.56. The van der Waals surface area contributed by atoms with E-state index in [2.05, 4.69) is 52.6 Å². The molecule has 2 fully saturated rings. The third kappa shape index (κ3) is 3.38. The number of rotatable bonds is 5. The maximum atomic E-state index is 5.35. The van der Waals surface area contributed by atoms with E-state index < -0.39 is 0 Å². The number of hydrogen-bond acceptors (Lipinski definition) is 4. The number of nitrogens with zero attached hydrogens (tertiary/aromatic N) is 2. The van der Waals surface area contributed by atoms with Crippen LogP contribution in [-0.4, -0.2) is 29.2 Å². The zero-order valence-electron chi connectivity index (χ0n) is 15.5. The minimum atomic E-state index is 0.304. The summed E-state index contributed by atoms with van der Waals surface area (Å²) in [6.07, 6.45) is 2.64. The lowest BCUT2D eigenvalue weighted by atomic mass is 9.96. The highest BCUT2D eigenvalue weighted by Crippen LogP contribution is 2.39. The van der Waals surface area contributed by atoms with Gasteiger partial charge < -0.3 is 9.84 Å². The maximum Gasteiger partial charge on any atom is 0.138 e. The van der Waals surface area contributed by atoms with E-state index in [9.17, 15) is 0 Å². The Labute approximate surface area is 150 Å². The quantitative estimate of drug-likeness (QED) is 0.898. The lowest BCUT2D eigenvalue weighted by molar-refractivity contribution is 0.283. The van der Waals surface area contributed by atoms with E-state index >= 15 is 0 Å². The van der Waals surface area contributed by atoms with Gasteiger partial charge in [-0.25, -0.2) is 0 Å². The van der Waals surface area contributed by atoms with Crippen molar-refractivity contribution in [1.82, 2.24) is 15.4 Å². The fourth-order valence-corrected chi connectivity index (χ4v) is 5.05. The number of aryl methyl sites for hydroxylation is 2. The highest BCUT2D eigenvalue weighted by atomic mass is 16.5. The van der Waals surface area contributed by atoms with Crippen LogP contribution in [0, 0.1) is 25.7 Å². The Hall–Kier alpha value is -1.65. The van der Waals surface area contributed by atoms with Crippen LogP contribution in [0.5, 0.6) is 0 Å². The van der Waals surface area contributed by atoms with Crippen LogP contribution in [-0.2, 0) is 6.54 Å². The molecule has 0 bridgehead atoms. The summed E-state index contributed by atoms with van der Waals surface area (Å²) in [5, 5.41) is 8.01. The van der Waals surface area contributed by atoms with Crippen molar-refractivity contribution in [3.05, 3.63) is 52.9 Å². The molecule has 4 rings (SSSR count). The van der Waals surface area contributed by atoms with Crippen molar-refractivity contribution in [3.63, 3.8) is 0 Å². The van der Waals surface area contributed by atoms with Gasteiger partial charge >= 0.3 is 0 Å². The smallest absolute Gasteiger partial charge is 0.138 e. The van der Waals surface area contributed by atoms with Crippen LogP contribution in [0.4, 0.5) is 0 Å². The van der Waals surface area contributed by atoms with Crippen molar-refractivity contribution >= 4 is 0 Å². The molecule has 2 heterocycles. The second-order valence-electron chi connectivity index (χ2n) is 7.91. The number of hydrogen-bond donors (Lipinski definition) is 1. The minimum absolute atomic E-state index is 0.304. The van der Waals surface area contributed by atoms with Crippen LogP contribution in [0.25, 0.3) is 0 Å². The number of benzene rings is 1. The summed E-state index contributed by atoms with van der Waals surface area (Å²) in [7, 11) is 0. The summed E-state index contributed by atoms with van der Waals surface area (Å²) in [4.78, 5) is 2.64. The normalized spacial score (nSPS) is 27.6. The molecule has 4 unspecified atom stereocenters. The molecule has 0 amide bonds. The van der Waals surface area contributed by atoms with Gasteiger partial charge in [0.25, 0.3) is 0 Å². The number of fused-ring (bicyclic) bond motifs is 1. The van der Waals surface area contributed by atoms with E-state index in [4.69, 9.17) is 4.52 Å². The molecule has 1 saturated heterocycles. The average Bonchev–Trinajstić information content (AvgIpc) is 3.25. The Bertz CT molecular complexity index is 692. The molecule has 4 nitrogen and oxygen atoms in total. The average molecular weight is 339 g/mol. The predicted molar refractivity (Wildman–Crippen MR) is 99.2 cm³/mol. The largest absolute Gasteiger partial charge is 0.361 e. The van der Waals surface area contributed by atoms with Crippen molar-refractivity contribution in [3.8, 4) is 0 Å². The standard InChI is InChI=1S/C21H29N3O/c1-14(21-15(2)23-25-16(21)3)22-20-10-9-18-12-24(13-19(18)20)11-17-7-5-4-6-8-17/h4-8,14,18-20,22H,9-13H2,1-3H3. The summed E-state index contributed by atoms with van der Waals surface area (Å²) in [6, 6.07) is 11.8. The molecule has 1 aromatic heterocycles. The van der Waals surface area contributed by atoms with Crippen LogP contribution in [0.3, 0.4) is 0 Å². The molecule has 2 aliphatic rings. The number of aromatic nitrogens is 1. The van der Waals surface area contributed by atoms with Gasteiger partial charge in [-0.2, -0.15) is 0 Å². The zero-order chi connectivity index (χ0) is 17.4. The molecule has 1 N–H and O–H groups in total. The van der Waals surface area contributed by atoms with Gasteiger partial charge in [0.05, 0.1) is 5.69 Å². The first-order chi connectivity index (χ1) is 12.1. The van der Waals surface area contributed by atoms with Crippen LogP contribution in [0.1, 0.15) is 48.4 Å². The highest BCUT2D eigenvalue weighted by molar-refractivity contribution is 5.24. The van der Waals surface area contributed by atoms with E-state index in [1.165, 1.54) is 37.1 Å². The molecule has 134 valence electrons. The first kappa shape index (κ1) is 16.8. The topological polar surface area (TPSA) is 41.3 Å². The predicted octanol–water partition coefficient (Wildman–Crippen LogP) is 3.85. The lowest BCUT2D eigenvalue weighted by Crippen LogP contribution is -2.37. The SMILES string of the molecule is Cc1noc(C)c1C(C)NC1CCC2CN(Cc3ccccc3)CC21. The molecule has 0 spiro atoms. The summed E-state index contributed by atoms with van der Waals surface area (Å²) in [5.41, 5.74) is 3.68. The maximum absolute atomic E-state index is 5.35. The van der Waals surface area contributed by atoms with Gasteiger partial charge in [-0.3, -0.25) is 4.90 Å². The van der Waals surface area contributed by atoms with Crippen LogP contribution >= 0.6 is 0 Å². The molecular weight excluding hydrogens is 310 g/mol. The number of likely N-dealkylation sites (tertiary alicyclic amines) is 1. The monoisotopic (exact) mass is 339 g/mol. The Morgan fingerprint density at radius 3 is 2.72 bits per heavy atom. The molecule has 0 radical (unpaired) electrons. The minimum Gasteiger partial charge on any atom is -0.361 e. The fourth-order valence-electron chi connectivity index (χ4n) is 5.05. The van der Waals surface area contributed by atoms with Gasteiger partial charge in [-0.15, -0.1) is 0 Å². The van der Waals surface area contributed by atoms with E-state index in [0.29, 0.717) is 12.1 Å². The third-order valence-electron chi connectivity index (χ3n) is 6.17. The van der Waals surface area contributed by atoms with E-state index in [1.807, 2.05) is 13.8 Å². The molecule has 4 heteroatoms. The fraction of sp³-hybridized carbons (Fsp3) is 0.571. The first-order valence-electron chi connectivity index (χ1n) is 9.57. The summed E-state index contributed by atoms with van der Waals surface area (Å²) < 4.78 is 5.35. The van der Waals surface area contributed by atoms with E-state index in [-0.39, 0.29) is 0 Å². The van der Waals surface area contributed by atoms with Crippen molar-refractivity contribution in [2.45, 2.75) is 52.2 Å². The molecule has 4 atom stereocenters. The van der Waals surface area contributed by atoms with Crippen molar-refractivity contribution in [2.75, 3.05) is 13.1 Å². The van der Waals surface area contributed by atoms with Crippen LogP contribution in [0.15, 0.2) is 34.9 Å². The Balaban J connectivity index is 1.39.